The summed E-state index contributed by atoms with van der Waals surface area (Å²) in [4.78, 5) is 16.0. The molecule has 1 aliphatic heterocycles. The summed E-state index contributed by atoms with van der Waals surface area (Å²) in [6.45, 7) is 2.92. The van der Waals surface area contributed by atoms with Crippen molar-refractivity contribution in [1.29, 1.82) is 0 Å². The molecular weight excluding hydrogens is 366 g/mol. The van der Waals surface area contributed by atoms with Crippen molar-refractivity contribution < 1.29 is 19.2 Å². The van der Waals surface area contributed by atoms with Gasteiger partial charge in [-0.25, -0.2) is 0 Å². The lowest BCUT2D eigenvalue weighted by Gasteiger charge is -2.26. The highest BCUT2D eigenvalue weighted by Gasteiger charge is 2.27. The number of amides is 1. The maximum Gasteiger partial charge on any atom is 0.258 e. The highest BCUT2D eigenvalue weighted by Crippen LogP contribution is 2.18. The average Bonchev–Trinajstić information content (AvgIpc) is 3.27. The molecule has 1 atom stereocenters. The summed E-state index contributed by atoms with van der Waals surface area (Å²) >= 11 is 0. The summed E-state index contributed by atoms with van der Waals surface area (Å²) in [5.41, 5.74) is 2.45. The number of ether oxygens (including phenoxy) is 2. The highest BCUT2D eigenvalue weighted by molar-refractivity contribution is 5.77. The topological polar surface area (TPSA) is 55.2 Å². The third-order valence-corrected chi connectivity index (χ3v) is 5.48. The summed E-state index contributed by atoms with van der Waals surface area (Å²) in [7, 11) is 5.71. The van der Waals surface area contributed by atoms with Crippen LogP contribution in [0.2, 0.25) is 0 Å². The van der Waals surface area contributed by atoms with Gasteiger partial charge in [-0.15, -0.1) is 0 Å². The molecule has 2 aromatic rings. The second kappa shape index (κ2) is 10.2. The van der Waals surface area contributed by atoms with Gasteiger partial charge in [0.15, 0.2) is 6.61 Å². The number of anilines is 1. The minimum Gasteiger partial charge on any atom is -0.497 e. The van der Waals surface area contributed by atoms with Crippen LogP contribution in [0.15, 0.2) is 48.5 Å². The van der Waals surface area contributed by atoms with Crippen LogP contribution in [-0.2, 0) is 4.79 Å². The average molecular weight is 399 g/mol. The molecule has 6 heteroatoms. The van der Waals surface area contributed by atoms with Gasteiger partial charge in [-0.2, -0.15) is 0 Å². The van der Waals surface area contributed by atoms with Crippen LogP contribution in [0.25, 0.3) is 0 Å². The zero-order valence-corrected chi connectivity index (χ0v) is 17.6. The smallest absolute Gasteiger partial charge is 0.258 e. The van der Waals surface area contributed by atoms with Crippen molar-refractivity contribution in [3.63, 3.8) is 0 Å². The summed E-state index contributed by atoms with van der Waals surface area (Å²) in [6, 6.07) is 16.2. The van der Waals surface area contributed by atoms with E-state index in [1.54, 1.807) is 24.1 Å². The Labute approximate surface area is 173 Å². The van der Waals surface area contributed by atoms with Crippen LogP contribution in [0.1, 0.15) is 24.4 Å². The van der Waals surface area contributed by atoms with Gasteiger partial charge < -0.3 is 24.6 Å². The van der Waals surface area contributed by atoms with Crippen LogP contribution in [0.5, 0.6) is 11.5 Å². The quantitative estimate of drug-likeness (QED) is 0.675. The number of hydrogen-bond donors (Lipinski definition) is 2. The van der Waals surface area contributed by atoms with Gasteiger partial charge in [-0.3, -0.25) is 4.79 Å². The maximum atomic E-state index is 12.4. The zero-order chi connectivity index (χ0) is 20.6. The largest absolute Gasteiger partial charge is 0.497 e. The predicted molar refractivity (Wildman–Crippen MR) is 115 cm³/mol. The van der Waals surface area contributed by atoms with Crippen LogP contribution in [0.3, 0.4) is 0 Å². The van der Waals surface area contributed by atoms with Crippen LogP contribution in [0, 0.1) is 0 Å². The van der Waals surface area contributed by atoms with Gasteiger partial charge in [0, 0.05) is 38.2 Å². The number of nitrogens with zero attached hydrogens (tertiary/aromatic N) is 1. The molecule has 3 rings (SSSR count). The standard InChI is InChI=1S/C23H31N3O3/c1-25(2)19-8-6-18(7-9-19)22(26-14-4-5-15-26)16-24-23(27)17-29-21-12-10-20(28-3)11-13-21/h6-13,22H,4-5,14-17H2,1-3H3,(H,24,27)/p+1/t22-/m1/s1. The third-order valence-electron chi connectivity index (χ3n) is 5.48. The fourth-order valence-electron chi connectivity index (χ4n) is 3.77. The summed E-state index contributed by atoms with van der Waals surface area (Å²) in [5.74, 6) is 1.31. The fraction of sp³-hybridized carbons (Fsp3) is 0.435. The van der Waals surface area contributed by atoms with E-state index in [0.717, 1.165) is 18.8 Å². The maximum absolute atomic E-state index is 12.4. The summed E-state index contributed by atoms with van der Waals surface area (Å²) in [5, 5.41) is 3.07. The third kappa shape index (κ3) is 5.87. The number of carbonyl (C=O) groups excluding carboxylic acids is 1. The molecular formula is C23H32N3O3+. The monoisotopic (exact) mass is 398 g/mol. The van der Waals surface area contributed by atoms with Crippen molar-refractivity contribution in [2.24, 2.45) is 0 Å². The molecule has 1 saturated heterocycles. The van der Waals surface area contributed by atoms with Gasteiger partial charge in [-0.1, -0.05) is 12.1 Å². The second-order valence-corrected chi connectivity index (χ2v) is 7.67. The number of benzene rings is 2. The van der Waals surface area contributed by atoms with E-state index in [2.05, 4.69) is 34.5 Å². The van der Waals surface area contributed by atoms with E-state index in [-0.39, 0.29) is 18.6 Å². The first-order valence-corrected chi connectivity index (χ1v) is 10.2. The molecule has 0 bridgehead atoms. The lowest BCUT2D eigenvalue weighted by Crippen LogP contribution is -3.11. The number of carbonyl (C=O) groups is 1. The first-order valence-electron chi connectivity index (χ1n) is 10.2. The summed E-state index contributed by atoms with van der Waals surface area (Å²) < 4.78 is 10.7. The van der Waals surface area contributed by atoms with E-state index in [1.807, 2.05) is 26.2 Å². The van der Waals surface area contributed by atoms with Crippen LogP contribution < -0.4 is 24.6 Å². The molecule has 1 aliphatic rings. The van der Waals surface area contributed by atoms with Crippen molar-refractivity contribution in [3.8, 4) is 11.5 Å². The van der Waals surface area contributed by atoms with Crippen LogP contribution >= 0.6 is 0 Å². The molecule has 0 unspecified atom stereocenters. The van der Waals surface area contributed by atoms with E-state index >= 15 is 0 Å². The van der Waals surface area contributed by atoms with E-state index < -0.39 is 0 Å². The Kier molecular flexibility index (Phi) is 7.36. The first-order chi connectivity index (χ1) is 14.1. The minimum absolute atomic E-state index is 0.00789. The highest BCUT2D eigenvalue weighted by atomic mass is 16.5. The van der Waals surface area contributed by atoms with Gasteiger partial charge in [0.05, 0.1) is 26.7 Å². The number of quaternary nitrogens is 1. The number of likely N-dealkylation sites (tertiary alicyclic amines) is 1. The molecule has 0 aliphatic carbocycles. The van der Waals surface area contributed by atoms with E-state index in [4.69, 9.17) is 9.47 Å². The first kappa shape index (κ1) is 21.0. The minimum atomic E-state index is -0.102. The molecule has 1 heterocycles. The number of nitrogens with one attached hydrogen (secondary N) is 2. The Morgan fingerprint density at radius 2 is 1.66 bits per heavy atom. The Hall–Kier alpha value is -2.73. The molecule has 2 N–H and O–H groups in total. The lowest BCUT2D eigenvalue weighted by molar-refractivity contribution is -0.918. The Morgan fingerprint density at radius 1 is 1.03 bits per heavy atom. The van der Waals surface area contributed by atoms with Crippen molar-refractivity contribution >= 4 is 11.6 Å². The Bertz CT molecular complexity index is 769. The van der Waals surface area contributed by atoms with Gasteiger partial charge in [0.1, 0.15) is 17.5 Å². The molecule has 2 aromatic carbocycles. The fourth-order valence-corrected chi connectivity index (χ4v) is 3.77. The molecule has 1 amide bonds. The number of hydrogen-bond acceptors (Lipinski definition) is 4. The molecule has 0 radical (unpaired) electrons. The molecule has 1 fully saturated rings. The van der Waals surface area contributed by atoms with Crippen molar-refractivity contribution in [2.45, 2.75) is 18.9 Å². The van der Waals surface area contributed by atoms with E-state index in [0.29, 0.717) is 12.3 Å². The zero-order valence-electron chi connectivity index (χ0n) is 17.6. The van der Waals surface area contributed by atoms with Gasteiger partial charge in [0.2, 0.25) is 0 Å². The van der Waals surface area contributed by atoms with E-state index in [1.165, 1.54) is 24.1 Å². The second-order valence-electron chi connectivity index (χ2n) is 7.67. The van der Waals surface area contributed by atoms with Crippen LogP contribution in [0.4, 0.5) is 5.69 Å². The molecule has 156 valence electrons. The normalized spacial score (nSPS) is 15.0. The van der Waals surface area contributed by atoms with Crippen molar-refractivity contribution in [1.82, 2.24) is 5.32 Å². The van der Waals surface area contributed by atoms with E-state index in [9.17, 15) is 4.79 Å². The molecule has 0 saturated carbocycles. The number of methoxy groups -OCH3 is 1. The Balaban J connectivity index is 1.56. The summed E-state index contributed by atoms with van der Waals surface area (Å²) in [6.07, 6.45) is 2.49. The van der Waals surface area contributed by atoms with Crippen LogP contribution in [-0.4, -0.2) is 53.4 Å². The Morgan fingerprint density at radius 3 is 2.24 bits per heavy atom. The molecule has 29 heavy (non-hydrogen) atoms. The lowest BCUT2D eigenvalue weighted by atomic mass is 10.0. The van der Waals surface area contributed by atoms with Crippen molar-refractivity contribution in [3.05, 3.63) is 54.1 Å². The van der Waals surface area contributed by atoms with Gasteiger partial charge >= 0.3 is 0 Å². The van der Waals surface area contributed by atoms with Gasteiger partial charge in [0.25, 0.3) is 5.91 Å². The predicted octanol–water partition coefficient (Wildman–Crippen LogP) is 1.68. The van der Waals surface area contributed by atoms with Crippen molar-refractivity contribution in [2.75, 3.05) is 52.3 Å². The molecule has 0 spiro atoms. The molecule has 6 nitrogen and oxygen atoms in total. The van der Waals surface area contributed by atoms with Gasteiger partial charge in [-0.05, 0) is 36.4 Å². The SMILES string of the molecule is COc1ccc(OCC(=O)NC[C@H](c2ccc(N(C)C)cc2)[NH+]2CCCC2)cc1. The number of rotatable bonds is 9. The molecule has 0 aromatic heterocycles.